The van der Waals surface area contributed by atoms with Crippen molar-refractivity contribution in [2.75, 3.05) is 6.54 Å². The molecule has 0 radical (unpaired) electrons. The first kappa shape index (κ1) is 10.5. The highest BCUT2D eigenvalue weighted by molar-refractivity contribution is 5.99. The Kier molecular flexibility index (Phi) is 2.24. The molecule has 0 aromatic rings. The molecule has 4 heteroatoms. The number of amides is 2. The van der Waals surface area contributed by atoms with E-state index in [1.807, 2.05) is 13.8 Å². The second-order valence-corrected chi connectivity index (χ2v) is 4.73. The predicted octanol–water partition coefficient (Wildman–Crippen LogP) is 0.522. The number of hydrogen-bond donors (Lipinski definition) is 1. The fraction of sp³-hybridized carbons (Fsp3) is 0.818. The van der Waals surface area contributed by atoms with E-state index in [9.17, 15) is 9.59 Å². The normalized spacial score (nSPS) is 36.7. The fourth-order valence-electron chi connectivity index (χ4n) is 2.38. The zero-order valence-electron chi connectivity index (χ0n) is 9.54. The first-order valence-corrected chi connectivity index (χ1v) is 5.63. The first-order valence-electron chi connectivity index (χ1n) is 5.63. The molecular weight excluding hydrogens is 192 g/mol. The molecule has 15 heavy (non-hydrogen) atoms. The van der Waals surface area contributed by atoms with E-state index < -0.39 is 5.54 Å². The van der Waals surface area contributed by atoms with Crippen molar-refractivity contribution in [3.8, 4) is 0 Å². The summed E-state index contributed by atoms with van der Waals surface area (Å²) in [5.41, 5.74) is -0.639. The molecule has 0 bridgehead atoms. The minimum Gasteiger partial charge on any atom is -0.340 e. The molecule has 1 aliphatic carbocycles. The van der Waals surface area contributed by atoms with Gasteiger partial charge in [-0.2, -0.15) is 0 Å². The molecule has 0 aromatic heterocycles. The number of carbonyl (C=O) groups is 2. The Bertz CT molecular complexity index is 312. The molecule has 2 amide bonds. The average Bonchev–Trinajstić information content (AvgIpc) is 2.99. The van der Waals surface area contributed by atoms with Crippen LogP contribution in [0.2, 0.25) is 0 Å². The zero-order valence-corrected chi connectivity index (χ0v) is 9.54. The van der Waals surface area contributed by atoms with Gasteiger partial charge in [-0.15, -0.1) is 0 Å². The third kappa shape index (κ3) is 1.43. The number of hydrogen-bond acceptors (Lipinski definition) is 2. The molecule has 0 spiro atoms. The van der Waals surface area contributed by atoms with Crippen LogP contribution in [0, 0.1) is 5.92 Å². The van der Waals surface area contributed by atoms with E-state index in [0.29, 0.717) is 12.5 Å². The number of nitrogens with zero attached hydrogens (tertiary/aromatic N) is 1. The van der Waals surface area contributed by atoms with E-state index in [4.69, 9.17) is 0 Å². The van der Waals surface area contributed by atoms with Crippen LogP contribution in [0.5, 0.6) is 0 Å². The maximum atomic E-state index is 12.2. The van der Waals surface area contributed by atoms with Gasteiger partial charge in [0, 0.05) is 6.54 Å². The fourth-order valence-corrected chi connectivity index (χ4v) is 2.38. The van der Waals surface area contributed by atoms with Crippen LogP contribution in [0.4, 0.5) is 0 Å². The molecule has 2 rings (SSSR count). The van der Waals surface area contributed by atoms with Gasteiger partial charge in [0.1, 0.15) is 11.6 Å². The third-order valence-corrected chi connectivity index (χ3v) is 3.67. The second kappa shape index (κ2) is 3.22. The number of carbonyl (C=O) groups excluding carboxylic acids is 2. The van der Waals surface area contributed by atoms with E-state index in [2.05, 4.69) is 5.32 Å². The average molecular weight is 210 g/mol. The maximum absolute atomic E-state index is 12.2. The standard InChI is InChI=1S/C11H18N2O2/c1-4-13-7(2)9(14)12-11(3,10(13)15)8-5-6-8/h7-8H,4-6H2,1-3H3,(H,12,14). The summed E-state index contributed by atoms with van der Waals surface area (Å²) in [5.74, 6) is 0.404. The van der Waals surface area contributed by atoms with Gasteiger partial charge in [0.15, 0.2) is 0 Å². The highest BCUT2D eigenvalue weighted by Crippen LogP contribution is 2.42. The summed E-state index contributed by atoms with van der Waals surface area (Å²) in [4.78, 5) is 25.7. The molecule has 1 saturated heterocycles. The van der Waals surface area contributed by atoms with Crippen molar-refractivity contribution < 1.29 is 9.59 Å². The Labute approximate surface area is 90.0 Å². The number of piperazine rings is 1. The first-order chi connectivity index (χ1) is 7.00. The summed E-state index contributed by atoms with van der Waals surface area (Å²) in [6.07, 6.45) is 2.10. The number of likely N-dealkylation sites (N-methyl/N-ethyl adjacent to an activating group) is 1. The summed E-state index contributed by atoms with van der Waals surface area (Å²) in [7, 11) is 0. The SMILES string of the molecule is CCN1C(=O)C(C)(C2CC2)NC(=O)C1C. The lowest BCUT2D eigenvalue weighted by Crippen LogP contribution is -2.69. The van der Waals surface area contributed by atoms with Gasteiger partial charge < -0.3 is 10.2 Å². The molecule has 2 aliphatic rings. The molecule has 84 valence electrons. The molecule has 1 saturated carbocycles. The van der Waals surface area contributed by atoms with Crippen LogP contribution in [0.15, 0.2) is 0 Å². The van der Waals surface area contributed by atoms with E-state index in [1.165, 1.54) is 0 Å². The van der Waals surface area contributed by atoms with Gasteiger partial charge in [0.2, 0.25) is 11.8 Å². The van der Waals surface area contributed by atoms with Gasteiger partial charge in [-0.3, -0.25) is 9.59 Å². The van der Waals surface area contributed by atoms with Crippen molar-refractivity contribution in [2.45, 2.75) is 45.2 Å². The van der Waals surface area contributed by atoms with Gasteiger partial charge in [0.25, 0.3) is 0 Å². The van der Waals surface area contributed by atoms with Crippen LogP contribution < -0.4 is 5.32 Å². The predicted molar refractivity (Wildman–Crippen MR) is 56.1 cm³/mol. The summed E-state index contributed by atoms with van der Waals surface area (Å²) in [5, 5.41) is 2.89. The van der Waals surface area contributed by atoms with Gasteiger partial charge in [-0.1, -0.05) is 0 Å². The second-order valence-electron chi connectivity index (χ2n) is 4.73. The highest BCUT2D eigenvalue weighted by atomic mass is 16.2. The lowest BCUT2D eigenvalue weighted by molar-refractivity contribution is -0.154. The van der Waals surface area contributed by atoms with Gasteiger partial charge >= 0.3 is 0 Å². The van der Waals surface area contributed by atoms with Crippen molar-refractivity contribution in [3.05, 3.63) is 0 Å². The van der Waals surface area contributed by atoms with E-state index in [0.717, 1.165) is 12.8 Å². The largest absolute Gasteiger partial charge is 0.340 e. The highest BCUT2D eigenvalue weighted by Gasteiger charge is 2.54. The van der Waals surface area contributed by atoms with Crippen LogP contribution in [0.25, 0.3) is 0 Å². The molecular formula is C11H18N2O2. The van der Waals surface area contributed by atoms with Crippen LogP contribution in [-0.4, -0.2) is 34.8 Å². The minimum atomic E-state index is -0.639. The lowest BCUT2D eigenvalue weighted by atomic mass is 9.90. The molecule has 2 fully saturated rings. The minimum absolute atomic E-state index is 0.0224. The number of nitrogens with one attached hydrogen (secondary N) is 1. The van der Waals surface area contributed by atoms with Crippen molar-refractivity contribution in [3.63, 3.8) is 0 Å². The summed E-state index contributed by atoms with van der Waals surface area (Å²) < 4.78 is 0. The Morgan fingerprint density at radius 3 is 2.53 bits per heavy atom. The van der Waals surface area contributed by atoms with Gasteiger partial charge in [0.05, 0.1) is 0 Å². The van der Waals surface area contributed by atoms with Gasteiger partial charge in [-0.25, -0.2) is 0 Å². The van der Waals surface area contributed by atoms with E-state index in [1.54, 1.807) is 11.8 Å². The molecule has 4 nitrogen and oxygen atoms in total. The smallest absolute Gasteiger partial charge is 0.248 e. The summed E-state index contributed by atoms with van der Waals surface area (Å²) in [6.45, 7) is 6.17. The van der Waals surface area contributed by atoms with Crippen LogP contribution >= 0.6 is 0 Å². The van der Waals surface area contributed by atoms with Crippen molar-refractivity contribution in [2.24, 2.45) is 5.92 Å². The van der Waals surface area contributed by atoms with Crippen molar-refractivity contribution in [1.82, 2.24) is 10.2 Å². The van der Waals surface area contributed by atoms with Gasteiger partial charge in [-0.05, 0) is 39.5 Å². The topological polar surface area (TPSA) is 49.4 Å². The van der Waals surface area contributed by atoms with Crippen LogP contribution in [-0.2, 0) is 9.59 Å². The van der Waals surface area contributed by atoms with E-state index in [-0.39, 0.29) is 17.9 Å². The maximum Gasteiger partial charge on any atom is 0.248 e. The Morgan fingerprint density at radius 2 is 2.07 bits per heavy atom. The van der Waals surface area contributed by atoms with E-state index >= 15 is 0 Å². The van der Waals surface area contributed by atoms with Crippen molar-refractivity contribution >= 4 is 11.8 Å². The molecule has 1 N–H and O–H groups in total. The summed E-state index contributed by atoms with van der Waals surface area (Å²) in [6, 6.07) is -0.325. The van der Waals surface area contributed by atoms with Crippen LogP contribution in [0.1, 0.15) is 33.6 Å². The summed E-state index contributed by atoms with van der Waals surface area (Å²) >= 11 is 0. The molecule has 2 atom stereocenters. The Morgan fingerprint density at radius 1 is 1.47 bits per heavy atom. The molecule has 1 heterocycles. The van der Waals surface area contributed by atoms with Crippen molar-refractivity contribution in [1.29, 1.82) is 0 Å². The Balaban J connectivity index is 2.28. The zero-order chi connectivity index (χ0) is 11.2. The quantitative estimate of drug-likeness (QED) is 0.722. The van der Waals surface area contributed by atoms with Crippen LogP contribution in [0.3, 0.4) is 0 Å². The lowest BCUT2D eigenvalue weighted by Gasteiger charge is -2.43. The third-order valence-electron chi connectivity index (χ3n) is 3.67. The number of rotatable bonds is 2. The molecule has 1 aliphatic heterocycles. The Hall–Kier alpha value is -1.06. The molecule has 2 unspecified atom stereocenters. The molecule has 0 aromatic carbocycles. The monoisotopic (exact) mass is 210 g/mol.